The average molecular weight is 555 g/mol. The molecule has 1 spiro atoms. The van der Waals surface area contributed by atoms with Gasteiger partial charge >= 0.3 is 0 Å². The molecule has 38 heavy (non-hydrogen) atoms. The average Bonchev–Trinajstić information content (AvgIpc) is 3.54. The van der Waals surface area contributed by atoms with E-state index in [2.05, 4.69) is 15.0 Å². The molecular formula is C25H29N3NaO8S. The van der Waals surface area contributed by atoms with Crippen LogP contribution in [-0.4, -0.2) is 107 Å². The number of ether oxygens (including phenoxy) is 7. The number of imidazole rings is 1. The summed E-state index contributed by atoms with van der Waals surface area (Å²) in [6.07, 6.45) is 2.17. The first kappa shape index (κ1) is 27.8. The number of pyridine rings is 1. The van der Waals surface area contributed by atoms with Crippen LogP contribution < -0.4 is 14.2 Å². The summed E-state index contributed by atoms with van der Waals surface area (Å²) in [6.45, 7) is 6.88. The number of fused-ring (bicyclic) bond motifs is 2. The SMILES string of the molecule is Cc1c(OCCC2(C)OCC3(CO2)OCCO3)ccnc1CS(=O)c1nc2cc3c(cc2[nH]1)OCCO3.[Na]. The van der Waals surface area contributed by atoms with Gasteiger partial charge in [-0.15, -0.1) is 0 Å². The zero-order valence-corrected chi connectivity index (χ0v) is 24.6. The normalized spacial score (nSPS) is 20.3. The van der Waals surface area contributed by atoms with Crippen LogP contribution in [0.1, 0.15) is 24.6 Å². The first-order valence-corrected chi connectivity index (χ1v) is 13.5. The molecule has 2 aromatic heterocycles. The van der Waals surface area contributed by atoms with Gasteiger partial charge in [-0.2, -0.15) is 0 Å². The summed E-state index contributed by atoms with van der Waals surface area (Å²) >= 11 is 0. The number of aromatic amines is 1. The molecule has 0 bridgehead atoms. The molecule has 5 heterocycles. The van der Waals surface area contributed by atoms with Crippen molar-refractivity contribution in [1.82, 2.24) is 15.0 Å². The van der Waals surface area contributed by atoms with Gasteiger partial charge in [0.25, 0.3) is 0 Å². The molecule has 1 radical (unpaired) electrons. The predicted molar refractivity (Wildman–Crippen MR) is 137 cm³/mol. The minimum atomic E-state index is -1.44. The topological polar surface area (TPSA) is 123 Å². The van der Waals surface area contributed by atoms with Gasteiger partial charge in [-0.1, -0.05) is 0 Å². The third-order valence-electron chi connectivity index (χ3n) is 6.69. The number of benzene rings is 1. The van der Waals surface area contributed by atoms with Crippen molar-refractivity contribution in [3.8, 4) is 17.2 Å². The number of nitrogens with zero attached hydrogens (tertiary/aromatic N) is 2. The first-order valence-electron chi connectivity index (χ1n) is 12.2. The van der Waals surface area contributed by atoms with Crippen molar-refractivity contribution in [2.24, 2.45) is 0 Å². The van der Waals surface area contributed by atoms with E-state index in [9.17, 15) is 4.21 Å². The fourth-order valence-electron chi connectivity index (χ4n) is 4.45. The summed E-state index contributed by atoms with van der Waals surface area (Å²) in [6, 6.07) is 5.42. The first-order chi connectivity index (χ1) is 17.9. The Bertz CT molecular complexity index is 1280. The number of aromatic nitrogens is 3. The van der Waals surface area contributed by atoms with E-state index in [1.807, 2.05) is 19.9 Å². The number of hydrogen-bond acceptors (Lipinski definition) is 10. The van der Waals surface area contributed by atoms with Crippen molar-refractivity contribution >= 4 is 51.4 Å². The van der Waals surface area contributed by atoms with Gasteiger partial charge in [0.1, 0.15) is 32.2 Å². The second-order valence-electron chi connectivity index (χ2n) is 9.34. The van der Waals surface area contributed by atoms with Crippen LogP contribution in [0.2, 0.25) is 0 Å². The Morgan fingerprint density at radius 1 is 1.05 bits per heavy atom. The largest absolute Gasteiger partial charge is 0.493 e. The van der Waals surface area contributed by atoms with E-state index in [-0.39, 0.29) is 35.3 Å². The van der Waals surface area contributed by atoms with Crippen molar-refractivity contribution in [2.75, 3.05) is 46.2 Å². The quantitative estimate of drug-likeness (QED) is 0.435. The van der Waals surface area contributed by atoms with Gasteiger partial charge in [0.2, 0.25) is 5.79 Å². The molecule has 3 aliphatic rings. The fraction of sp³-hybridized carbons (Fsp3) is 0.520. The summed E-state index contributed by atoms with van der Waals surface area (Å²) in [7, 11) is -1.44. The van der Waals surface area contributed by atoms with Crippen molar-refractivity contribution < 1.29 is 37.4 Å². The Morgan fingerprint density at radius 2 is 1.76 bits per heavy atom. The molecule has 3 aromatic rings. The number of rotatable bonds is 7. The number of H-pyrrole nitrogens is 1. The Hall–Kier alpha value is -1.77. The molecule has 1 N–H and O–H groups in total. The molecule has 1 atom stereocenters. The Kier molecular flexibility index (Phi) is 8.32. The van der Waals surface area contributed by atoms with E-state index in [1.165, 1.54) is 0 Å². The molecule has 0 aliphatic carbocycles. The van der Waals surface area contributed by atoms with Gasteiger partial charge in [0, 0.05) is 59.9 Å². The fourth-order valence-corrected chi connectivity index (χ4v) is 5.55. The van der Waals surface area contributed by atoms with Crippen LogP contribution in [-0.2, 0) is 35.5 Å². The summed E-state index contributed by atoms with van der Waals surface area (Å²) in [5.41, 5.74) is 2.92. The van der Waals surface area contributed by atoms with Crippen LogP contribution in [0.3, 0.4) is 0 Å². The van der Waals surface area contributed by atoms with E-state index in [4.69, 9.17) is 33.2 Å². The van der Waals surface area contributed by atoms with Crippen LogP contribution in [0.15, 0.2) is 29.6 Å². The minimum absolute atomic E-state index is 0. The molecule has 1 unspecified atom stereocenters. The molecule has 0 amide bonds. The molecule has 11 nitrogen and oxygen atoms in total. The van der Waals surface area contributed by atoms with Gasteiger partial charge in [-0.25, -0.2) is 4.98 Å². The monoisotopic (exact) mass is 554 g/mol. The number of nitrogens with one attached hydrogen (secondary N) is 1. The van der Waals surface area contributed by atoms with Crippen molar-refractivity contribution in [3.05, 3.63) is 35.7 Å². The smallest absolute Gasteiger partial charge is 0.216 e. The predicted octanol–water partition coefficient (Wildman–Crippen LogP) is 2.24. The van der Waals surface area contributed by atoms with Crippen molar-refractivity contribution in [3.63, 3.8) is 0 Å². The van der Waals surface area contributed by atoms with Gasteiger partial charge in [-0.05, 0) is 19.9 Å². The van der Waals surface area contributed by atoms with Crippen LogP contribution in [0, 0.1) is 6.92 Å². The second-order valence-corrected chi connectivity index (χ2v) is 10.7. The molecule has 6 rings (SSSR count). The molecular weight excluding hydrogens is 525 g/mol. The van der Waals surface area contributed by atoms with Gasteiger partial charge < -0.3 is 38.1 Å². The third kappa shape index (κ3) is 5.73. The Balaban J connectivity index is 0.00000294. The molecule has 199 valence electrons. The van der Waals surface area contributed by atoms with Crippen LogP contribution in [0.4, 0.5) is 0 Å². The van der Waals surface area contributed by atoms with Crippen molar-refractivity contribution in [2.45, 2.75) is 42.8 Å². The van der Waals surface area contributed by atoms with E-state index in [0.29, 0.717) is 86.3 Å². The molecule has 1 aromatic carbocycles. The van der Waals surface area contributed by atoms with Gasteiger partial charge in [0.05, 0.1) is 53.1 Å². The van der Waals surface area contributed by atoms with E-state index < -0.39 is 22.4 Å². The summed E-state index contributed by atoms with van der Waals surface area (Å²) in [5.74, 6) is 0.589. The van der Waals surface area contributed by atoms with Crippen LogP contribution in [0.5, 0.6) is 17.2 Å². The second kappa shape index (κ2) is 11.4. The van der Waals surface area contributed by atoms with Crippen molar-refractivity contribution in [1.29, 1.82) is 0 Å². The zero-order chi connectivity index (χ0) is 25.5. The minimum Gasteiger partial charge on any atom is -0.493 e. The molecule has 0 saturated carbocycles. The summed E-state index contributed by atoms with van der Waals surface area (Å²) < 4.78 is 53.5. The third-order valence-corrected chi connectivity index (χ3v) is 7.85. The van der Waals surface area contributed by atoms with Crippen LogP contribution in [0.25, 0.3) is 11.0 Å². The number of hydrogen-bond donors (Lipinski definition) is 1. The molecule has 13 heteroatoms. The van der Waals surface area contributed by atoms with Gasteiger partial charge in [0.15, 0.2) is 22.4 Å². The molecule has 2 saturated heterocycles. The Labute approximate surface area is 244 Å². The molecule has 2 fully saturated rings. The van der Waals surface area contributed by atoms with Crippen LogP contribution >= 0.6 is 0 Å². The Morgan fingerprint density at radius 3 is 2.50 bits per heavy atom. The maximum atomic E-state index is 13.2. The van der Waals surface area contributed by atoms with E-state index >= 15 is 0 Å². The van der Waals surface area contributed by atoms with Gasteiger partial charge in [-0.3, -0.25) is 9.19 Å². The van der Waals surface area contributed by atoms with E-state index in [1.54, 1.807) is 18.3 Å². The summed E-state index contributed by atoms with van der Waals surface area (Å²) in [4.78, 5) is 12.1. The maximum Gasteiger partial charge on any atom is 0.216 e. The van der Waals surface area contributed by atoms with E-state index in [0.717, 1.165) is 11.1 Å². The maximum absolute atomic E-state index is 13.2. The molecule has 3 aliphatic heterocycles. The summed E-state index contributed by atoms with van der Waals surface area (Å²) in [5, 5.41) is 0.373. The zero-order valence-electron chi connectivity index (χ0n) is 21.7. The standard InChI is InChI=1S/C25H29N3O8S.Na/c1-16-19(13-37(29)23-27-17-11-21-22(12-18(17)28-23)32-8-7-31-21)26-5-3-20(16)30-6-4-24(2)35-14-25(15-36-24)33-9-10-34-25;/h3,5,11-12H,4,6-10,13-15H2,1-2H3,(H,27,28);.